The van der Waals surface area contributed by atoms with Crippen LogP contribution >= 0.6 is 0 Å². The number of amides is 1. The molecule has 7 heteroatoms. The summed E-state index contributed by atoms with van der Waals surface area (Å²) in [5.74, 6) is -0.667. The molecule has 3 rings (SSSR count). The van der Waals surface area contributed by atoms with Gasteiger partial charge >= 0.3 is 10.2 Å². The van der Waals surface area contributed by atoms with Gasteiger partial charge in [0, 0.05) is 11.6 Å². The summed E-state index contributed by atoms with van der Waals surface area (Å²) < 4.78 is 47.1. The molecule has 120 valence electrons. The van der Waals surface area contributed by atoms with Crippen LogP contribution in [0.15, 0.2) is 53.4 Å². The maximum absolute atomic E-state index is 12.9. The first kappa shape index (κ1) is 15.6. The minimum atomic E-state index is -4.74. The van der Waals surface area contributed by atoms with Crippen molar-refractivity contribution in [1.82, 2.24) is 0 Å². The third-order valence-corrected chi connectivity index (χ3v) is 4.66. The normalized spacial score (nSPS) is 20.1. The maximum Gasteiger partial charge on any atom is 0.332 e. The third kappa shape index (κ3) is 3.56. The Balaban J connectivity index is 1.63. The zero-order chi connectivity index (χ0) is 16.6. The van der Waals surface area contributed by atoms with Gasteiger partial charge in [-0.2, -0.15) is 8.42 Å². The number of carbonyl (C=O) groups excluding carboxylic acids is 1. The zero-order valence-electron chi connectivity index (χ0n) is 11.9. The lowest BCUT2D eigenvalue weighted by atomic mass is 10.1. The predicted molar refractivity (Wildman–Crippen MR) is 80.6 cm³/mol. The van der Waals surface area contributed by atoms with E-state index in [-0.39, 0.29) is 23.6 Å². The second kappa shape index (κ2) is 5.73. The van der Waals surface area contributed by atoms with Gasteiger partial charge in [0.05, 0.1) is 4.90 Å². The molecule has 2 aromatic carbocycles. The Morgan fingerprint density at radius 3 is 2.22 bits per heavy atom. The van der Waals surface area contributed by atoms with Gasteiger partial charge in [-0.05, 0) is 54.3 Å². The lowest BCUT2D eigenvalue weighted by Gasteiger charge is -2.05. The minimum Gasteiger partial charge on any atom is -0.326 e. The molecular formula is C16H13F2NO3S. The van der Waals surface area contributed by atoms with E-state index in [1.54, 1.807) is 12.1 Å². The highest BCUT2D eigenvalue weighted by Crippen LogP contribution is 2.47. The number of anilines is 1. The predicted octanol–water partition coefficient (Wildman–Crippen LogP) is 3.23. The lowest BCUT2D eigenvalue weighted by Crippen LogP contribution is -2.14. The summed E-state index contributed by atoms with van der Waals surface area (Å²) in [6, 6.07) is 10.9. The van der Waals surface area contributed by atoms with Gasteiger partial charge in [0.15, 0.2) is 0 Å². The Kier molecular flexibility index (Phi) is 3.89. The van der Waals surface area contributed by atoms with Crippen LogP contribution in [0.5, 0.6) is 0 Å². The fraction of sp³-hybridized carbons (Fsp3) is 0.188. The van der Waals surface area contributed by atoms with Gasteiger partial charge in [0.25, 0.3) is 0 Å². The number of halogens is 2. The Bertz CT molecular complexity index is 833. The van der Waals surface area contributed by atoms with Crippen molar-refractivity contribution in [1.29, 1.82) is 0 Å². The number of carbonyl (C=O) groups is 1. The topological polar surface area (TPSA) is 63.2 Å². The first-order valence-electron chi connectivity index (χ1n) is 6.95. The van der Waals surface area contributed by atoms with E-state index in [0.717, 1.165) is 17.7 Å². The second-order valence-electron chi connectivity index (χ2n) is 5.45. The molecule has 0 spiro atoms. The van der Waals surface area contributed by atoms with Gasteiger partial charge in [-0.15, -0.1) is 3.89 Å². The Labute approximate surface area is 132 Å². The number of rotatable bonds is 4. The van der Waals surface area contributed by atoms with Gasteiger partial charge in [-0.25, -0.2) is 4.39 Å². The molecule has 1 aliphatic carbocycles. The number of nitrogens with one attached hydrogen (secondary N) is 1. The quantitative estimate of drug-likeness (QED) is 0.871. The molecule has 1 saturated carbocycles. The molecule has 2 aromatic rings. The molecule has 23 heavy (non-hydrogen) atoms. The summed E-state index contributed by atoms with van der Waals surface area (Å²) in [6.07, 6.45) is 0.675. The average molecular weight is 337 g/mol. The van der Waals surface area contributed by atoms with E-state index < -0.39 is 15.1 Å². The molecular weight excluding hydrogens is 324 g/mol. The average Bonchev–Trinajstić information content (AvgIpc) is 3.28. The maximum atomic E-state index is 12.9. The molecule has 1 aliphatic rings. The molecule has 0 bridgehead atoms. The number of benzene rings is 2. The highest BCUT2D eigenvalue weighted by atomic mass is 32.3. The largest absolute Gasteiger partial charge is 0.332 e. The van der Waals surface area contributed by atoms with Crippen LogP contribution in [0.3, 0.4) is 0 Å². The lowest BCUT2D eigenvalue weighted by molar-refractivity contribution is -0.117. The van der Waals surface area contributed by atoms with Crippen LogP contribution in [0.25, 0.3) is 0 Å². The summed E-state index contributed by atoms with van der Waals surface area (Å²) in [5, 5.41) is 2.66. The highest BCUT2D eigenvalue weighted by Gasteiger charge is 2.43. The van der Waals surface area contributed by atoms with Gasteiger partial charge in [-0.1, -0.05) is 12.1 Å². The van der Waals surface area contributed by atoms with Crippen molar-refractivity contribution >= 4 is 21.8 Å². The molecule has 1 amide bonds. The Hall–Kier alpha value is -2.28. The van der Waals surface area contributed by atoms with Gasteiger partial charge in [0.1, 0.15) is 5.82 Å². The van der Waals surface area contributed by atoms with Crippen molar-refractivity contribution < 1.29 is 21.5 Å². The summed E-state index contributed by atoms with van der Waals surface area (Å²) in [4.78, 5) is 11.7. The van der Waals surface area contributed by atoms with Crippen LogP contribution in [-0.2, 0) is 15.0 Å². The van der Waals surface area contributed by atoms with Crippen LogP contribution in [0.2, 0.25) is 0 Å². The van der Waals surface area contributed by atoms with E-state index in [1.807, 2.05) is 0 Å². The fourth-order valence-corrected chi connectivity index (χ4v) is 2.96. The van der Waals surface area contributed by atoms with Crippen LogP contribution < -0.4 is 5.32 Å². The molecule has 0 heterocycles. The molecule has 0 unspecified atom stereocenters. The number of hydrogen-bond acceptors (Lipinski definition) is 3. The summed E-state index contributed by atoms with van der Waals surface area (Å²) >= 11 is 0. The van der Waals surface area contributed by atoms with Crippen molar-refractivity contribution in [2.45, 2.75) is 17.2 Å². The smallest absolute Gasteiger partial charge is 0.326 e. The molecule has 1 N–H and O–H groups in total. The van der Waals surface area contributed by atoms with Crippen LogP contribution in [0, 0.1) is 11.7 Å². The van der Waals surface area contributed by atoms with E-state index in [4.69, 9.17) is 0 Å². The van der Waals surface area contributed by atoms with Crippen molar-refractivity contribution in [2.24, 2.45) is 5.92 Å². The molecule has 4 nitrogen and oxygen atoms in total. The van der Waals surface area contributed by atoms with E-state index in [1.165, 1.54) is 24.3 Å². The van der Waals surface area contributed by atoms with Crippen LogP contribution in [0.4, 0.5) is 14.0 Å². The minimum absolute atomic E-state index is 0.0566. The first-order chi connectivity index (χ1) is 10.8. The van der Waals surface area contributed by atoms with E-state index in [9.17, 15) is 21.5 Å². The third-order valence-electron chi connectivity index (χ3n) is 3.83. The van der Waals surface area contributed by atoms with Crippen molar-refractivity contribution in [2.75, 3.05) is 5.32 Å². The Morgan fingerprint density at radius 2 is 1.65 bits per heavy atom. The van der Waals surface area contributed by atoms with Crippen molar-refractivity contribution in [3.05, 3.63) is 59.9 Å². The van der Waals surface area contributed by atoms with E-state index >= 15 is 0 Å². The van der Waals surface area contributed by atoms with E-state index in [2.05, 4.69) is 5.32 Å². The summed E-state index contributed by atoms with van der Waals surface area (Å²) in [7, 11) is -4.74. The summed E-state index contributed by atoms with van der Waals surface area (Å²) in [6.45, 7) is 0. The SMILES string of the molecule is O=C(Nc1ccc(S(=O)(=O)F)cc1)[C@H]1C[C@H]1c1ccc(F)cc1. The van der Waals surface area contributed by atoms with Gasteiger partial charge in [0.2, 0.25) is 5.91 Å². The first-order valence-corrected chi connectivity index (χ1v) is 8.34. The fourth-order valence-electron chi connectivity index (χ4n) is 2.50. The monoisotopic (exact) mass is 337 g/mol. The molecule has 1 fully saturated rings. The van der Waals surface area contributed by atoms with Crippen LogP contribution in [0.1, 0.15) is 17.9 Å². The second-order valence-corrected chi connectivity index (χ2v) is 6.80. The standard InChI is InChI=1S/C16H13F2NO3S/c17-11-3-1-10(2-4-11)14-9-15(14)16(20)19-12-5-7-13(8-6-12)23(18,21)22/h1-8,14-15H,9H2,(H,19,20)/t14-,15-/m0/s1. The van der Waals surface area contributed by atoms with Gasteiger partial charge < -0.3 is 5.32 Å². The zero-order valence-corrected chi connectivity index (χ0v) is 12.7. The molecule has 0 aliphatic heterocycles. The molecule has 2 atom stereocenters. The van der Waals surface area contributed by atoms with Crippen molar-refractivity contribution in [3.63, 3.8) is 0 Å². The Morgan fingerprint density at radius 1 is 1.04 bits per heavy atom. The molecule has 0 saturated heterocycles. The highest BCUT2D eigenvalue weighted by molar-refractivity contribution is 7.86. The van der Waals surface area contributed by atoms with Crippen molar-refractivity contribution in [3.8, 4) is 0 Å². The van der Waals surface area contributed by atoms with Gasteiger partial charge in [-0.3, -0.25) is 4.79 Å². The summed E-state index contributed by atoms with van der Waals surface area (Å²) in [5.41, 5.74) is 1.30. The van der Waals surface area contributed by atoms with Crippen LogP contribution in [-0.4, -0.2) is 14.3 Å². The number of hydrogen-bond donors (Lipinski definition) is 1. The van der Waals surface area contributed by atoms with E-state index in [0.29, 0.717) is 12.1 Å². The molecule has 0 aromatic heterocycles. The molecule has 0 radical (unpaired) electrons.